The highest BCUT2D eigenvalue weighted by atomic mass is 32.2. The molecule has 1 saturated heterocycles. The van der Waals surface area contributed by atoms with Gasteiger partial charge in [-0.05, 0) is 43.5 Å². The molecule has 3 heterocycles. The van der Waals surface area contributed by atoms with Gasteiger partial charge in [-0.2, -0.15) is 9.57 Å². The first kappa shape index (κ1) is 17.5. The van der Waals surface area contributed by atoms with E-state index < -0.39 is 10.0 Å². The quantitative estimate of drug-likeness (QED) is 0.806. The Kier molecular flexibility index (Phi) is 4.47. The molecule has 0 radical (unpaired) electrons. The van der Waals surface area contributed by atoms with E-state index in [4.69, 9.17) is 10.00 Å². The molecule has 1 aromatic carbocycles. The summed E-state index contributed by atoms with van der Waals surface area (Å²) in [5, 5.41) is 9.50. The first-order valence-corrected chi connectivity index (χ1v) is 10.9. The van der Waals surface area contributed by atoms with E-state index in [-0.39, 0.29) is 5.92 Å². The van der Waals surface area contributed by atoms with Crippen molar-refractivity contribution in [3.8, 4) is 11.8 Å². The highest BCUT2D eigenvalue weighted by molar-refractivity contribution is 7.89. The van der Waals surface area contributed by atoms with Crippen LogP contribution < -0.4 is 4.74 Å². The standard InChI is InChI=1S/C18H19N3O3S2/c1-12-18(20-17(11-19)25-12)13-4-7-21(8-5-13)26(22,23)15-2-3-16-14(10-15)6-9-24-16/h2-3,10,13H,4-9H2,1H3. The molecule has 26 heavy (non-hydrogen) atoms. The Bertz CT molecular complexity index is 984. The molecule has 1 aromatic heterocycles. The lowest BCUT2D eigenvalue weighted by molar-refractivity contribution is 0.316. The molecule has 0 N–H and O–H groups in total. The van der Waals surface area contributed by atoms with E-state index in [1.54, 1.807) is 22.5 Å². The van der Waals surface area contributed by atoms with Crippen LogP contribution in [0.3, 0.4) is 0 Å². The van der Waals surface area contributed by atoms with Gasteiger partial charge in [-0.1, -0.05) is 0 Å². The Morgan fingerprint density at radius 2 is 2.12 bits per heavy atom. The van der Waals surface area contributed by atoms with Gasteiger partial charge < -0.3 is 4.74 Å². The minimum absolute atomic E-state index is 0.216. The van der Waals surface area contributed by atoms with Crippen LogP contribution in [-0.2, 0) is 16.4 Å². The average Bonchev–Trinajstić information content (AvgIpc) is 3.27. The normalized spacial score (nSPS) is 18.3. The molecule has 2 aromatic rings. The molecule has 136 valence electrons. The summed E-state index contributed by atoms with van der Waals surface area (Å²) < 4.78 is 33.0. The van der Waals surface area contributed by atoms with Gasteiger partial charge in [0.15, 0.2) is 5.01 Å². The molecule has 2 aliphatic rings. The largest absolute Gasteiger partial charge is 0.493 e. The summed E-state index contributed by atoms with van der Waals surface area (Å²) in [7, 11) is -3.49. The fraction of sp³-hybridized carbons (Fsp3) is 0.444. The molecule has 0 aliphatic carbocycles. The first-order chi connectivity index (χ1) is 12.5. The number of hydrogen-bond acceptors (Lipinski definition) is 6. The number of aromatic nitrogens is 1. The van der Waals surface area contributed by atoms with Crippen molar-refractivity contribution >= 4 is 21.4 Å². The predicted molar refractivity (Wildman–Crippen MR) is 97.9 cm³/mol. The van der Waals surface area contributed by atoms with Gasteiger partial charge >= 0.3 is 0 Å². The molecule has 4 rings (SSSR count). The number of hydrogen-bond donors (Lipinski definition) is 0. The zero-order valence-electron chi connectivity index (χ0n) is 14.4. The van der Waals surface area contributed by atoms with Crippen molar-refractivity contribution in [1.29, 1.82) is 5.26 Å². The molecular weight excluding hydrogens is 370 g/mol. The second kappa shape index (κ2) is 6.65. The Morgan fingerprint density at radius 1 is 1.35 bits per heavy atom. The summed E-state index contributed by atoms with van der Waals surface area (Å²) in [6, 6.07) is 7.22. The van der Waals surface area contributed by atoms with E-state index in [1.807, 2.05) is 6.92 Å². The van der Waals surface area contributed by atoms with Crippen LogP contribution in [0.2, 0.25) is 0 Å². The molecule has 0 spiro atoms. The highest BCUT2D eigenvalue weighted by Crippen LogP contribution is 2.35. The minimum Gasteiger partial charge on any atom is -0.493 e. The Hall–Kier alpha value is -1.95. The number of ether oxygens (including phenoxy) is 1. The smallest absolute Gasteiger partial charge is 0.243 e. The van der Waals surface area contributed by atoms with E-state index >= 15 is 0 Å². The van der Waals surface area contributed by atoms with Crippen LogP contribution >= 0.6 is 11.3 Å². The Morgan fingerprint density at radius 3 is 2.81 bits per heavy atom. The van der Waals surface area contributed by atoms with Gasteiger partial charge in [0.25, 0.3) is 0 Å². The summed E-state index contributed by atoms with van der Waals surface area (Å²) >= 11 is 1.41. The van der Waals surface area contributed by atoms with Crippen molar-refractivity contribution in [3.05, 3.63) is 39.3 Å². The molecule has 0 unspecified atom stereocenters. The number of thiazole rings is 1. The summed E-state index contributed by atoms with van der Waals surface area (Å²) in [5.74, 6) is 1.00. The molecule has 0 bridgehead atoms. The maximum Gasteiger partial charge on any atom is 0.243 e. The van der Waals surface area contributed by atoms with Crippen LogP contribution in [0.4, 0.5) is 0 Å². The lowest BCUT2D eigenvalue weighted by Gasteiger charge is -2.30. The van der Waals surface area contributed by atoms with Gasteiger partial charge in [0, 0.05) is 30.3 Å². The first-order valence-electron chi connectivity index (χ1n) is 8.62. The molecule has 0 saturated carbocycles. The number of fused-ring (bicyclic) bond motifs is 1. The van der Waals surface area contributed by atoms with Gasteiger partial charge in [0.05, 0.1) is 17.2 Å². The third kappa shape index (κ3) is 3.00. The number of sulfonamides is 1. The monoisotopic (exact) mass is 389 g/mol. The highest BCUT2D eigenvalue weighted by Gasteiger charge is 2.32. The van der Waals surface area contributed by atoms with Crippen molar-refractivity contribution in [2.75, 3.05) is 19.7 Å². The van der Waals surface area contributed by atoms with E-state index in [0.29, 0.717) is 29.6 Å². The second-order valence-electron chi connectivity index (χ2n) is 6.62. The topological polar surface area (TPSA) is 83.3 Å². The molecule has 1 fully saturated rings. The van der Waals surface area contributed by atoms with Gasteiger partial charge in [0.1, 0.15) is 11.8 Å². The van der Waals surface area contributed by atoms with Crippen LogP contribution in [0.5, 0.6) is 5.75 Å². The minimum atomic E-state index is -3.49. The zero-order chi connectivity index (χ0) is 18.3. The third-order valence-electron chi connectivity index (χ3n) is 5.07. The number of rotatable bonds is 3. The molecule has 0 amide bonds. The maximum atomic E-state index is 13.0. The molecule has 2 aliphatic heterocycles. The lowest BCUT2D eigenvalue weighted by Crippen LogP contribution is -2.38. The molecule has 6 nitrogen and oxygen atoms in total. The SMILES string of the molecule is Cc1sc(C#N)nc1C1CCN(S(=O)(=O)c2ccc3c(c2)CCO3)CC1. The summed E-state index contributed by atoms with van der Waals surface area (Å²) in [4.78, 5) is 5.81. The average molecular weight is 390 g/mol. The lowest BCUT2D eigenvalue weighted by atomic mass is 9.94. The van der Waals surface area contributed by atoms with Crippen LogP contribution in [-0.4, -0.2) is 37.4 Å². The Balaban J connectivity index is 1.50. The van der Waals surface area contributed by atoms with Crippen LogP contribution in [0.15, 0.2) is 23.1 Å². The van der Waals surface area contributed by atoms with E-state index in [0.717, 1.165) is 41.1 Å². The van der Waals surface area contributed by atoms with E-state index in [9.17, 15) is 8.42 Å². The van der Waals surface area contributed by atoms with Crippen LogP contribution in [0, 0.1) is 18.3 Å². The van der Waals surface area contributed by atoms with Crippen LogP contribution in [0.1, 0.15) is 39.9 Å². The number of nitrogens with zero attached hydrogens (tertiary/aromatic N) is 3. The Labute approximate surface area is 157 Å². The summed E-state index contributed by atoms with van der Waals surface area (Å²) in [6.07, 6.45) is 2.20. The van der Waals surface area contributed by atoms with Crippen LogP contribution in [0.25, 0.3) is 0 Å². The number of piperidine rings is 1. The maximum absolute atomic E-state index is 13.0. The zero-order valence-corrected chi connectivity index (χ0v) is 16.1. The van der Waals surface area contributed by atoms with Crippen molar-refractivity contribution in [1.82, 2.24) is 9.29 Å². The summed E-state index contributed by atoms with van der Waals surface area (Å²) in [6.45, 7) is 3.53. The summed E-state index contributed by atoms with van der Waals surface area (Å²) in [5.41, 5.74) is 1.92. The predicted octanol–water partition coefficient (Wildman–Crippen LogP) is 2.83. The number of aryl methyl sites for hydroxylation is 1. The van der Waals surface area contributed by atoms with Crippen molar-refractivity contribution in [3.63, 3.8) is 0 Å². The fourth-order valence-electron chi connectivity index (χ4n) is 3.68. The van der Waals surface area contributed by atoms with Crippen molar-refractivity contribution in [2.45, 2.75) is 37.0 Å². The molecule has 0 atom stereocenters. The van der Waals surface area contributed by atoms with Crippen molar-refractivity contribution < 1.29 is 13.2 Å². The number of benzene rings is 1. The molecular formula is C18H19N3O3S2. The van der Waals surface area contributed by atoms with E-state index in [1.165, 1.54) is 11.3 Å². The fourth-order valence-corrected chi connectivity index (χ4v) is 5.99. The number of nitriles is 1. The van der Waals surface area contributed by atoms with Gasteiger partial charge in [-0.25, -0.2) is 13.4 Å². The third-order valence-corrected chi connectivity index (χ3v) is 7.85. The second-order valence-corrected chi connectivity index (χ2v) is 9.76. The van der Waals surface area contributed by atoms with Gasteiger partial charge in [0.2, 0.25) is 10.0 Å². The van der Waals surface area contributed by atoms with E-state index in [2.05, 4.69) is 11.1 Å². The molecule has 8 heteroatoms. The van der Waals surface area contributed by atoms with Gasteiger partial charge in [-0.3, -0.25) is 0 Å². The van der Waals surface area contributed by atoms with Crippen molar-refractivity contribution in [2.24, 2.45) is 0 Å². The van der Waals surface area contributed by atoms with Gasteiger partial charge in [-0.15, -0.1) is 11.3 Å².